The minimum absolute atomic E-state index is 1.17. The molecule has 14 heavy (non-hydrogen) atoms. The van der Waals surface area contributed by atoms with Gasteiger partial charge in [0.1, 0.15) is 8.24 Å². The van der Waals surface area contributed by atoms with Crippen molar-refractivity contribution in [1.29, 1.82) is 0 Å². The lowest BCUT2D eigenvalue weighted by Crippen LogP contribution is -2.38. The zero-order valence-corrected chi connectivity index (χ0v) is 10.5. The van der Waals surface area contributed by atoms with Crippen LogP contribution >= 0.6 is 0 Å². The van der Waals surface area contributed by atoms with Gasteiger partial charge < -0.3 is 4.57 Å². The van der Waals surface area contributed by atoms with Gasteiger partial charge >= 0.3 is 0 Å². The van der Waals surface area contributed by atoms with Crippen LogP contribution in [0.15, 0.2) is 36.5 Å². The van der Waals surface area contributed by atoms with Crippen LogP contribution in [-0.4, -0.2) is 19.8 Å². The summed E-state index contributed by atoms with van der Waals surface area (Å²) in [6, 6.07) is 10.4. The number of nitrogens with zero attached hydrogens (tertiary/aromatic N) is 1. The maximum atomic E-state index is 2.35. The lowest BCUT2D eigenvalue weighted by Gasteiger charge is -2.28. The minimum atomic E-state index is -1.17. The number of hydrogen-bond donors (Lipinski definition) is 0. The van der Waals surface area contributed by atoms with Gasteiger partial charge in [-0.15, -0.1) is 0 Å². The topological polar surface area (TPSA) is 3.24 Å². The Morgan fingerprint density at radius 3 is 2.14 bits per heavy atom. The molecule has 0 atom stereocenters. The molecule has 0 amide bonds. The van der Waals surface area contributed by atoms with Crippen LogP contribution in [0.5, 0.6) is 0 Å². The molecule has 0 heterocycles. The Hall–Kier alpha value is -1.02. The molecule has 0 saturated heterocycles. The van der Waals surface area contributed by atoms with E-state index in [9.17, 15) is 0 Å². The summed E-state index contributed by atoms with van der Waals surface area (Å²) in [5.41, 5.74) is 1.26. The third kappa shape index (κ3) is 3.38. The molecular formula is C12H19NSi. The highest BCUT2D eigenvalue weighted by Crippen LogP contribution is 2.09. The van der Waals surface area contributed by atoms with Crippen molar-refractivity contribution in [3.63, 3.8) is 0 Å². The predicted octanol–water partition coefficient (Wildman–Crippen LogP) is 3.42. The molecule has 0 aromatic heterocycles. The highest BCUT2D eigenvalue weighted by molar-refractivity contribution is 6.73. The van der Waals surface area contributed by atoms with E-state index in [1.807, 2.05) is 6.07 Å². The highest BCUT2D eigenvalue weighted by Gasteiger charge is 2.16. The van der Waals surface area contributed by atoms with Crippen LogP contribution in [-0.2, 0) is 0 Å². The molecule has 0 spiro atoms. The van der Waals surface area contributed by atoms with Gasteiger partial charge in [-0.25, -0.2) is 0 Å². The maximum absolute atomic E-state index is 2.35. The Kier molecular flexibility index (Phi) is 3.53. The van der Waals surface area contributed by atoms with Gasteiger partial charge in [0.05, 0.1) is 0 Å². The Morgan fingerprint density at radius 2 is 1.64 bits per heavy atom. The normalized spacial score (nSPS) is 12.0. The molecular weight excluding hydrogens is 186 g/mol. The molecule has 1 aromatic rings. The summed E-state index contributed by atoms with van der Waals surface area (Å²) in [7, 11) is 0.990. The summed E-state index contributed by atoms with van der Waals surface area (Å²) in [5, 5.41) is 0. The molecule has 0 saturated carbocycles. The first-order chi connectivity index (χ1) is 6.50. The molecule has 0 N–H and O–H groups in total. The van der Waals surface area contributed by atoms with E-state index in [0.29, 0.717) is 0 Å². The van der Waals surface area contributed by atoms with Crippen LogP contribution in [0.1, 0.15) is 5.56 Å². The second-order valence-corrected chi connectivity index (χ2v) is 9.56. The van der Waals surface area contributed by atoms with Gasteiger partial charge in [-0.3, -0.25) is 0 Å². The highest BCUT2D eigenvalue weighted by atomic mass is 28.3. The van der Waals surface area contributed by atoms with Gasteiger partial charge in [0.2, 0.25) is 0 Å². The quantitative estimate of drug-likeness (QED) is 0.683. The Balaban J connectivity index is 2.66. The summed E-state index contributed by atoms with van der Waals surface area (Å²) in [6.07, 6.45) is 4.35. The van der Waals surface area contributed by atoms with Crippen molar-refractivity contribution in [3.8, 4) is 0 Å². The number of rotatable bonds is 3. The lowest BCUT2D eigenvalue weighted by molar-refractivity contribution is 0.696. The van der Waals surface area contributed by atoms with Crippen molar-refractivity contribution >= 4 is 14.3 Å². The molecule has 0 fully saturated rings. The van der Waals surface area contributed by atoms with E-state index in [4.69, 9.17) is 0 Å². The fourth-order valence-electron chi connectivity index (χ4n) is 0.986. The molecule has 2 heteroatoms. The number of hydrogen-bond acceptors (Lipinski definition) is 1. The van der Waals surface area contributed by atoms with E-state index < -0.39 is 8.24 Å². The van der Waals surface area contributed by atoms with Crippen molar-refractivity contribution in [1.82, 2.24) is 4.57 Å². The van der Waals surface area contributed by atoms with Gasteiger partial charge in [0.25, 0.3) is 0 Å². The van der Waals surface area contributed by atoms with Crippen LogP contribution in [0.4, 0.5) is 0 Å². The fourth-order valence-corrected chi connectivity index (χ4v) is 1.51. The van der Waals surface area contributed by atoms with Crippen LogP contribution in [0.2, 0.25) is 19.6 Å². The molecule has 0 aliphatic rings. The van der Waals surface area contributed by atoms with Gasteiger partial charge in [-0.2, -0.15) is 0 Å². The molecule has 1 aromatic carbocycles. The maximum Gasteiger partial charge on any atom is 0.146 e. The molecule has 0 radical (unpaired) electrons. The number of benzene rings is 1. The third-order valence-corrected chi connectivity index (χ3v) is 4.61. The van der Waals surface area contributed by atoms with Crippen molar-refractivity contribution < 1.29 is 0 Å². The Morgan fingerprint density at radius 1 is 1.07 bits per heavy atom. The predicted molar refractivity (Wildman–Crippen MR) is 66.6 cm³/mol. The molecule has 0 aliphatic carbocycles. The van der Waals surface area contributed by atoms with Crippen molar-refractivity contribution in [3.05, 3.63) is 42.1 Å². The summed E-state index contributed by atoms with van der Waals surface area (Å²) in [5.74, 6) is 0. The van der Waals surface area contributed by atoms with Crippen molar-refractivity contribution in [2.75, 3.05) is 7.05 Å². The second-order valence-electron chi connectivity index (χ2n) is 4.51. The van der Waals surface area contributed by atoms with E-state index in [-0.39, 0.29) is 0 Å². The zero-order chi connectivity index (χ0) is 10.6. The standard InChI is InChI=1S/C12H19NSi/c1-13(14(2,3)4)11-10-12-8-6-5-7-9-12/h5-11H,1-4H3. The monoisotopic (exact) mass is 205 g/mol. The van der Waals surface area contributed by atoms with Gasteiger partial charge in [-0.1, -0.05) is 50.0 Å². The average Bonchev–Trinajstić information content (AvgIpc) is 2.14. The van der Waals surface area contributed by atoms with Crippen LogP contribution < -0.4 is 0 Å². The van der Waals surface area contributed by atoms with Gasteiger partial charge in [0.15, 0.2) is 0 Å². The molecule has 0 unspecified atom stereocenters. The Labute approximate surface area is 88.2 Å². The summed E-state index contributed by atoms with van der Waals surface area (Å²) in [6.45, 7) is 7.01. The molecule has 1 rings (SSSR count). The van der Waals surface area contributed by atoms with Crippen molar-refractivity contribution in [2.45, 2.75) is 19.6 Å². The largest absolute Gasteiger partial charge is 0.406 e. The fraction of sp³-hybridized carbons (Fsp3) is 0.333. The lowest BCUT2D eigenvalue weighted by atomic mass is 10.2. The molecule has 0 aliphatic heterocycles. The average molecular weight is 205 g/mol. The molecule has 76 valence electrons. The van der Waals surface area contributed by atoms with Gasteiger partial charge in [0, 0.05) is 0 Å². The summed E-state index contributed by atoms with van der Waals surface area (Å²) >= 11 is 0. The van der Waals surface area contributed by atoms with Crippen LogP contribution in [0.3, 0.4) is 0 Å². The smallest absolute Gasteiger partial charge is 0.146 e. The first-order valence-electron chi connectivity index (χ1n) is 4.96. The van der Waals surface area contributed by atoms with Crippen LogP contribution in [0.25, 0.3) is 6.08 Å². The van der Waals surface area contributed by atoms with E-state index >= 15 is 0 Å². The minimum Gasteiger partial charge on any atom is -0.406 e. The first-order valence-corrected chi connectivity index (χ1v) is 8.41. The van der Waals surface area contributed by atoms with Crippen LogP contribution in [0, 0.1) is 0 Å². The van der Waals surface area contributed by atoms with E-state index in [2.05, 4.69) is 67.8 Å². The van der Waals surface area contributed by atoms with E-state index in [0.717, 1.165) is 0 Å². The third-order valence-electron chi connectivity index (χ3n) is 2.35. The SMILES string of the molecule is CN(C=Cc1ccccc1)[Si](C)(C)C. The van der Waals surface area contributed by atoms with Crippen molar-refractivity contribution in [2.24, 2.45) is 0 Å². The second kappa shape index (κ2) is 4.47. The summed E-state index contributed by atoms with van der Waals surface area (Å²) < 4.78 is 2.35. The molecule has 0 bridgehead atoms. The Bertz CT molecular complexity index is 298. The van der Waals surface area contributed by atoms with Gasteiger partial charge in [-0.05, 0) is 24.9 Å². The summed E-state index contributed by atoms with van der Waals surface area (Å²) in [4.78, 5) is 0. The van der Waals surface area contributed by atoms with E-state index in [1.54, 1.807) is 0 Å². The zero-order valence-electron chi connectivity index (χ0n) is 9.49. The molecule has 1 nitrogen and oxygen atoms in total. The van der Waals surface area contributed by atoms with E-state index in [1.165, 1.54) is 5.56 Å². The first kappa shape index (κ1) is 11.1.